The molecule has 2 nitrogen and oxygen atoms in total. The predicted octanol–water partition coefficient (Wildman–Crippen LogP) is 3.34. The Balaban J connectivity index is 1.84. The predicted molar refractivity (Wildman–Crippen MR) is 81.1 cm³/mol. The average molecular weight is 286 g/mol. The van der Waals surface area contributed by atoms with E-state index in [2.05, 4.69) is 11.4 Å². The molecule has 0 radical (unpaired) electrons. The van der Waals surface area contributed by atoms with Crippen LogP contribution in [0.4, 0.5) is 0 Å². The molecule has 0 saturated carbocycles. The number of carbonyl (C=O) groups is 1. The molecule has 1 heterocycles. The van der Waals surface area contributed by atoms with Crippen LogP contribution in [0.5, 0.6) is 0 Å². The van der Waals surface area contributed by atoms with Gasteiger partial charge in [0.25, 0.3) is 0 Å². The van der Waals surface area contributed by atoms with Crippen molar-refractivity contribution >= 4 is 17.4 Å². The summed E-state index contributed by atoms with van der Waals surface area (Å²) in [5.74, 6) is 0.172. The first-order valence-electron chi connectivity index (χ1n) is 6.83. The van der Waals surface area contributed by atoms with Gasteiger partial charge in [0.15, 0.2) is 5.78 Å². The van der Waals surface area contributed by atoms with Crippen LogP contribution >= 0.6 is 11.6 Å². The Bertz CT molecular complexity index is 638. The molecule has 2 aromatic carbocycles. The molecule has 1 N–H and O–H groups in total. The molecule has 0 aromatic heterocycles. The number of nitrogens with one attached hydrogen (secondary N) is 1. The largest absolute Gasteiger partial charge is 0.303 e. The molecule has 20 heavy (non-hydrogen) atoms. The summed E-state index contributed by atoms with van der Waals surface area (Å²) < 4.78 is 0. The first-order chi connectivity index (χ1) is 9.75. The lowest BCUT2D eigenvalue weighted by Crippen LogP contribution is -2.35. The quantitative estimate of drug-likeness (QED) is 0.937. The van der Waals surface area contributed by atoms with Crippen LogP contribution < -0.4 is 5.32 Å². The summed E-state index contributed by atoms with van der Waals surface area (Å²) in [5, 5.41) is 3.98. The molecular weight excluding hydrogens is 270 g/mol. The van der Waals surface area contributed by atoms with Crippen LogP contribution in [0.25, 0.3) is 0 Å². The van der Waals surface area contributed by atoms with Gasteiger partial charge in [0.05, 0.1) is 6.04 Å². The third-order valence-electron chi connectivity index (χ3n) is 3.75. The second-order valence-electron chi connectivity index (χ2n) is 5.07. The van der Waals surface area contributed by atoms with Gasteiger partial charge in [-0.25, -0.2) is 0 Å². The van der Waals surface area contributed by atoms with Crippen molar-refractivity contribution < 1.29 is 4.79 Å². The Morgan fingerprint density at radius 3 is 2.75 bits per heavy atom. The van der Waals surface area contributed by atoms with Crippen LogP contribution in [0.15, 0.2) is 48.5 Å². The topological polar surface area (TPSA) is 29.1 Å². The molecule has 0 spiro atoms. The van der Waals surface area contributed by atoms with E-state index in [9.17, 15) is 4.79 Å². The van der Waals surface area contributed by atoms with Gasteiger partial charge in [0.1, 0.15) is 0 Å². The highest BCUT2D eigenvalue weighted by Gasteiger charge is 2.25. The molecule has 1 atom stereocenters. The van der Waals surface area contributed by atoms with E-state index in [4.69, 9.17) is 11.6 Å². The third kappa shape index (κ3) is 2.62. The summed E-state index contributed by atoms with van der Waals surface area (Å²) in [6, 6.07) is 15.5. The van der Waals surface area contributed by atoms with Gasteiger partial charge in [0, 0.05) is 18.0 Å². The minimum absolute atomic E-state index is 0.172. The minimum atomic E-state index is -0.212. The average Bonchev–Trinajstić information content (AvgIpc) is 2.49. The minimum Gasteiger partial charge on any atom is -0.303 e. The highest BCUT2D eigenvalue weighted by atomic mass is 35.5. The van der Waals surface area contributed by atoms with Crippen molar-refractivity contribution in [2.24, 2.45) is 0 Å². The van der Waals surface area contributed by atoms with Crippen molar-refractivity contribution in [1.82, 2.24) is 5.32 Å². The molecule has 1 unspecified atom stereocenters. The van der Waals surface area contributed by atoms with E-state index in [-0.39, 0.29) is 11.8 Å². The number of ketones is 1. The highest BCUT2D eigenvalue weighted by molar-refractivity contribution is 6.31. The lowest BCUT2D eigenvalue weighted by Gasteiger charge is -2.26. The van der Waals surface area contributed by atoms with Gasteiger partial charge < -0.3 is 5.32 Å². The fourth-order valence-corrected chi connectivity index (χ4v) is 2.93. The van der Waals surface area contributed by atoms with Gasteiger partial charge in [0.2, 0.25) is 0 Å². The van der Waals surface area contributed by atoms with Gasteiger partial charge in [-0.15, -0.1) is 0 Å². The molecule has 0 amide bonds. The van der Waals surface area contributed by atoms with E-state index in [1.54, 1.807) is 0 Å². The van der Waals surface area contributed by atoms with Gasteiger partial charge >= 0.3 is 0 Å². The van der Waals surface area contributed by atoms with Crippen LogP contribution in [-0.2, 0) is 17.6 Å². The van der Waals surface area contributed by atoms with Crippen molar-refractivity contribution in [2.75, 3.05) is 6.54 Å². The molecule has 1 aliphatic heterocycles. The smallest absolute Gasteiger partial charge is 0.158 e. The number of carbonyl (C=O) groups excluding carboxylic acids is 1. The summed E-state index contributed by atoms with van der Waals surface area (Å²) in [5.41, 5.74) is 3.27. The lowest BCUT2D eigenvalue weighted by molar-refractivity contribution is -0.120. The zero-order valence-electron chi connectivity index (χ0n) is 11.1. The molecule has 3 heteroatoms. The molecule has 3 rings (SSSR count). The van der Waals surface area contributed by atoms with E-state index in [0.717, 1.165) is 24.1 Å². The lowest BCUT2D eigenvalue weighted by atomic mass is 9.90. The maximum Gasteiger partial charge on any atom is 0.158 e. The summed E-state index contributed by atoms with van der Waals surface area (Å²) in [6.45, 7) is 0.843. The van der Waals surface area contributed by atoms with E-state index in [1.165, 1.54) is 5.56 Å². The number of fused-ring (bicyclic) bond motifs is 1. The van der Waals surface area contributed by atoms with Crippen molar-refractivity contribution in [3.63, 3.8) is 0 Å². The van der Waals surface area contributed by atoms with Crippen LogP contribution in [0.3, 0.4) is 0 Å². The van der Waals surface area contributed by atoms with Gasteiger partial charge in [-0.05, 0) is 29.2 Å². The van der Waals surface area contributed by atoms with E-state index < -0.39 is 0 Å². The van der Waals surface area contributed by atoms with Crippen LogP contribution in [0, 0.1) is 0 Å². The second-order valence-corrected chi connectivity index (χ2v) is 5.48. The standard InChI is InChI=1S/C17H16ClNO/c18-15-8-4-2-6-13(15)11-16(20)17-14-7-3-1-5-12(14)9-10-19-17/h1-8,17,19H,9-11H2. The van der Waals surface area contributed by atoms with Crippen LogP contribution in [-0.4, -0.2) is 12.3 Å². The number of rotatable bonds is 3. The third-order valence-corrected chi connectivity index (χ3v) is 4.12. The van der Waals surface area contributed by atoms with Crippen LogP contribution in [0.2, 0.25) is 5.02 Å². The fraction of sp³-hybridized carbons (Fsp3) is 0.235. The molecule has 0 aliphatic carbocycles. The summed E-state index contributed by atoms with van der Waals surface area (Å²) in [4.78, 5) is 12.6. The first-order valence-corrected chi connectivity index (χ1v) is 7.21. The number of hydrogen-bond acceptors (Lipinski definition) is 2. The van der Waals surface area contributed by atoms with Crippen molar-refractivity contribution in [1.29, 1.82) is 0 Å². The van der Waals surface area contributed by atoms with E-state index in [0.29, 0.717) is 11.4 Å². The second kappa shape index (κ2) is 5.78. The van der Waals surface area contributed by atoms with Crippen molar-refractivity contribution in [2.45, 2.75) is 18.9 Å². The first kappa shape index (κ1) is 13.3. The zero-order chi connectivity index (χ0) is 13.9. The summed E-state index contributed by atoms with van der Waals surface area (Å²) in [6.07, 6.45) is 1.34. The molecule has 0 saturated heterocycles. The molecular formula is C17H16ClNO. The van der Waals surface area contributed by atoms with Gasteiger partial charge in [-0.2, -0.15) is 0 Å². The van der Waals surface area contributed by atoms with Gasteiger partial charge in [-0.1, -0.05) is 54.1 Å². The fourth-order valence-electron chi connectivity index (χ4n) is 2.72. The van der Waals surface area contributed by atoms with E-state index >= 15 is 0 Å². The molecule has 2 aromatic rings. The van der Waals surface area contributed by atoms with Crippen molar-refractivity contribution in [3.05, 3.63) is 70.2 Å². The number of benzene rings is 2. The number of halogens is 1. The highest BCUT2D eigenvalue weighted by Crippen LogP contribution is 2.25. The Morgan fingerprint density at radius 2 is 1.90 bits per heavy atom. The SMILES string of the molecule is O=C(Cc1ccccc1Cl)C1NCCc2ccccc21. The normalized spacial score (nSPS) is 17.6. The number of hydrogen-bond donors (Lipinski definition) is 1. The van der Waals surface area contributed by atoms with E-state index in [1.807, 2.05) is 42.5 Å². The number of Topliss-reactive ketones (excluding diaryl/α,β-unsaturated/α-hetero) is 1. The van der Waals surface area contributed by atoms with Crippen LogP contribution in [0.1, 0.15) is 22.7 Å². The monoisotopic (exact) mass is 285 g/mol. The molecule has 0 bridgehead atoms. The summed E-state index contributed by atoms with van der Waals surface area (Å²) in [7, 11) is 0. The zero-order valence-corrected chi connectivity index (χ0v) is 11.9. The Labute approximate surface area is 123 Å². The van der Waals surface area contributed by atoms with Gasteiger partial charge in [-0.3, -0.25) is 4.79 Å². The Kier molecular flexibility index (Phi) is 3.86. The molecule has 0 fully saturated rings. The molecule has 102 valence electrons. The Morgan fingerprint density at radius 1 is 1.15 bits per heavy atom. The van der Waals surface area contributed by atoms with Crippen molar-refractivity contribution in [3.8, 4) is 0 Å². The molecule has 1 aliphatic rings. The maximum absolute atomic E-state index is 12.6. The maximum atomic E-state index is 12.6. The Hall–Kier alpha value is -1.64. The summed E-state index contributed by atoms with van der Waals surface area (Å²) >= 11 is 6.13.